The van der Waals surface area contributed by atoms with Gasteiger partial charge in [0, 0.05) is 19.5 Å². The molecule has 1 aromatic carbocycles. The van der Waals surface area contributed by atoms with Crippen LogP contribution in [0.3, 0.4) is 0 Å². The van der Waals surface area contributed by atoms with E-state index in [0.717, 1.165) is 25.9 Å². The summed E-state index contributed by atoms with van der Waals surface area (Å²) in [7, 11) is 0. The van der Waals surface area contributed by atoms with Gasteiger partial charge >= 0.3 is 5.97 Å². The molecule has 116 valence electrons. The third-order valence-electron chi connectivity index (χ3n) is 4.55. The van der Waals surface area contributed by atoms with Crippen molar-refractivity contribution in [3.8, 4) is 0 Å². The molecule has 0 heterocycles. The van der Waals surface area contributed by atoms with E-state index in [1.807, 2.05) is 6.07 Å². The van der Waals surface area contributed by atoms with Crippen molar-refractivity contribution >= 4 is 5.97 Å². The molecular weight excluding hydrogens is 262 g/mol. The maximum atomic E-state index is 11.0. The molecule has 21 heavy (non-hydrogen) atoms. The zero-order valence-electron chi connectivity index (χ0n) is 13.1. The summed E-state index contributed by atoms with van der Waals surface area (Å²) in [6, 6.07) is 10.4. The largest absolute Gasteiger partial charge is 0.481 e. The molecule has 0 spiro atoms. The highest BCUT2D eigenvalue weighted by atomic mass is 16.4. The van der Waals surface area contributed by atoms with Crippen molar-refractivity contribution in [3.05, 3.63) is 35.9 Å². The van der Waals surface area contributed by atoms with Crippen LogP contribution in [0.25, 0.3) is 0 Å². The first kappa shape index (κ1) is 16.0. The van der Waals surface area contributed by atoms with E-state index >= 15 is 0 Å². The van der Waals surface area contributed by atoms with Gasteiger partial charge in [-0.1, -0.05) is 44.2 Å². The molecule has 0 radical (unpaired) electrons. The minimum atomic E-state index is -0.659. The molecule has 0 saturated heterocycles. The zero-order valence-corrected chi connectivity index (χ0v) is 13.1. The van der Waals surface area contributed by atoms with Gasteiger partial charge in [0.1, 0.15) is 0 Å². The van der Waals surface area contributed by atoms with Crippen LogP contribution in [0.15, 0.2) is 30.3 Å². The van der Waals surface area contributed by atoms with Gasteiger partial charge in [-0.15, -0.1) is 0 Å². The number of carboxylic acid groups (broad SMARTS) is 1. The lowest BCUT2D eigenvalue weighted by molar-refractivity contribution is -0.138. The Morgan fingerprint density at radius 1 is 1.33 bits per heavy atom. The van der Waals surface area contributed by atoms with E-state index < -0.39 is 5.97 Å². The van der Waals surface area contributed by atoms with Crippen molar-refractivity contribution in [2.24, 2.45) is 17.3 Å². The van der Waals surface area contributed by atoms with Crippen LogP contribution < -0.4 is 5.32 Å². The summed E-state index contributed by atoms with van der Waals surface area (Å²) < 4.78 is 0. The second-order valence-electron chi connectivity index (χ2n) is 7.11. The van der Waals surface area contributed by atoms with Crippen LogP contribution in [0.1, 0.15) is 45.1 Å². The van der Waals surface area contributed by atoms with Gasteiger partial charge in [-0.25, -0.2) is 0 Å². The Kier molecular flexibility index (Phi) is 5.40. The molecule has 1 aliphatic carbocycles. The summed E-state index contributed by atoms with van der Waals surface area (Å²) in [6.45, 7) is 6.40. The smallest absolute Gasteiger partial charge is 0.303 e. The monoisotopic (exact) mass is 289 g/mol. The molecule has 1 fully saturated rings. The van der Waals surface area contributed by atoms with Crippen LogP contribution in [-0.2, 0) is 11.3 Å². The SMILES string of the molecule is C[C@H]1C[C@H](CC(=O)O)C[C@@](C)(CNCc2ccccc2)C1. The van der Waals surface area contributed by atoms with Gasteiger partial charge in [-0.3, -0.25) is 4.79 Å². The summed E-state index contributed by atoms with van der Waals surface area (Å²) in [5, 5.41) is 12.6. The number of aliphatic carboxylic acids is 1. The number of carbonyl (C=O) groups is 1. The van der Waals surface area contributed by atoms with Gasteiger partial charge in [0.15, 0.2) is 0 Å². The molecule has 1 aromatic rings. The lowest BCUT2D eigenvalue weighted by Gasteiger charge is -2.41. The predicted molar refractivity (Wildman–Crippen MR) is 85.0 cm³/mol. The fourth-order valence-electron chi connectivity index (χ4n) is 4.01. The third kappa shape index (κ3) is 5.16. The highest BCUT2D eigenvalue weighted by Gasteiger charge is 2.35. The van der Waals surface area contributed by atoms with Crippen LogP contribution in [0.4, 0.5) is 0 Å². The number of rotatable bonds is 6. The number of hydrogen-bond donors (Lipinski definition) is 2. The molecule has 0 aliphatic heterocycles. The topological polar surface area (TPSA) is 49.3 Å². The average Bonchev–Trinajstić information content (AvgIpc) is 2.37. The Hall–Kier alpha value is -1.35. The van der Waals surface area contributed by atoms with Crippen LogP contribution in [-0.4, -0.2) is 17.6 Å². The number of carboxylic acids is 1. The highest BCUT2D eigenvalue weighted by molar-refractivity contribution is 5.67. The number of benzene rings is 1. The first-order chi connectivity index (χ1) is 9.97. The quantitative estimate of drug-likeness (QED) is 0.839. The van der Waals surface area contributed by atoms with E-state index in [9.17, 15) is 4.79 Å². The van der Waals surface area contributed by atoms with Crippen LogP contribution in [0.5, 0.6) is 0 Å². The summed E-state index contributed by atoms with van der Waals surface area (Å²) in [5.74, 6) is 0.287. The Morgan fingerprint density at radius 3 is 2.71 bits per heavy atom. The van der Waals surface area contributed by atoms with Crippen LogP contribution in [0.2, 0.25) is 0 Å². The number of nitrogens with one attached hydrogen (secondary N) is 1. The Labute approximate surface area is 127 Å². The van der Waals surface area contributed by atoms with Gasteiger partial charge in [0.2, 0.25) is 0 Å². The van der Waals surface area contributed by atoms with Crippen molar-refractivity contribution in [3.63, 3.8) is 0 Å². The molecule has 1 aliphatic rings. The Bertz CT molecular complexity index is 460. The van der Waals surface area contributed by atoms with Gasteiger partial charge in [-0.05, 0) is 42.1 Å². The van der Waals surface area contributed by atoms with Gasteiger partial charge in [-0.2, -0.15) is 0 Å². The number of hydrogen-bond acceptors (Lipinski definition) is 2. The fraction of sp³-hybridized carbons (Fsp3) is 0.611. The van der Waals surface area contributed by atoms with E-state index in [1.54, 1.807) is 0 Å². The molecule has 2 N–H and O–H groups in total. The molecule has 3 nitrogen and oxygen atoms in total. The van der Waals surface area contributed by atoms with Gasteiger partial charge in [0.05, 0.1) is 0 Å². The summed E-state index contributed by atoms with van der Waals surface area (Å²) in [6.07, 6.45) is 3.58. The molecule has 3 atom stereocenters. The average molecular weight is 289 g/mol. The van der Waals surface area contributed by atoms with E-state index in [0.29, 0.717) is 18.3 Å². The van der Waals surface area contributed by atoms with Gasteiger partial charge in [0.25, 0.3) is 0 Å². The van der Waals surface area contributed by atoms with Crippen molar-refractivity contribution in [2.75, 3.05) is 6.54 Å². The minimum absolute atomic E-state index is 0.215. The molecule has 2 rings (SSSR count). The zero-order chi connectivity index (χ0) is 15.3. The Morgan fingerprint density at radius 2 is 2.05 bits per heavy atom. The molecule has 0 unspecified atom stereocenters. The first-order valence-electron chi connectivity index (χ1n) is 7.93. The van der Waals surface area contributed by atoms with E-state index in [2.05, 4.69) is 43.4 Å². The Balaban J connectivity index is 1.86. The van der Waals surface area contributed by atoms with Crippen molar-refractivity contribution < 1.29 is 9.90 Å². The third-order valence-corrected chi connectivity index (χ3v) is 4.55. The lowest BCUT2D eigenvalue weighted by atomic mass is 9.66. The highest BCUT2D eigenvalue weighted by Crippen LogP contribution is 2.42. The second-order valence-corrected chi connectivity index (χ2v) is 7.11. The molecule has 0 amide bonds. The first-order valence-corrected chi connectivity index (χ1v) is 7.93. The maximum Gasteiger partial charge on any atom is 0.303 e. The molecule has 3 heteroatoms. The van der Waals surface area contributed by atoms with Crippen molar-refractivity contribution in [2.45, 2.75) is 46.1 Å². The van der Waals surface area contributed by atoms with Gasteiger partial charge < -0.3 is 10.4 Å². The normalized spacial score (nSPS) is 29.2. The van der Waals surface area contributed by atoms with Crippen molar-refractivity contribution in [1.82, 2.24) is 5.32 Å². The summed E-state index contributed by atoms with van der Waals surface area (Å²) in [4.78, 5) is 11.0. The van der Waals surface area contributed by atoms with Crippen LogP contribution >= 0.6 is 0 Å². The fourth-order valence-corrected chi connectivity index (χ4v) is 4.01. The predicted octanol–water partition coefficient (Wildman–Crippen LogP) is 3.69. The molecule has 0 aromatic heterocycles. The van der Waals surface area contributed by atoms with E-state index in [1.165, 1.54) is 12.0 Å². The minimum Gasteiger partial charge on any atom is -0.481 e. The van der Waals surface area contributed by atoms with E-state index in [4.69, 9.17) is 5.11 Å². The molecule has 0 bridgehead atoms. The maximum absolute atomic E-state index is 11.0. The summed E-state index contributed by atoms with van der Waals surface area (Å²) in [5.41, 5.74) is 1.51. The molecular formula is C18H27NO2. The molecule has 1 saturated carbocycles. The van der Waals surface area contributed by atoms with Crippen LogP contribution in [0, 0.1) is 17.3 Å². The summed E-state index contributed by atoms with van der Waals surface area (Å²) >= 11 is 0. The lowest BCUT2D eigenvalue weighted by Crippen LogP contribution is -2.39. The standard InChI is InChI=1S/C18H27NO2/c1-14-8-16(9-17(20)21)11-18(2,10-14)13-19-12-15-6-4-3-5-7-15/h3-7,14,16,19H,8-13H2,1-2H3,(H,20,21)/t14-,16+,18-/m0/s1. The van der Waals surface area contributed by atoms with E-state index in [-0.39, 0.29) is 5.41 Å². The van der Waals surface area contributed by atoms with Crippen molar-refractivity contribution in [1.29, 1.82) is 0 Å². The second kappa shape index (κ2) is 7.08.